The largest absolute Gasteiger partial charge is 0.493 e. The molecule has 0 aliphatic carbocycles. The Hall–Kier alpha value is -0.540. The highest BCUT2D eigenvalue weighted by Gasteiger charge is 2.12. The summed E-state index contributed by atoms with van der Waals surface area (Å²) in [7, 11) is 0. The van der Waals surface area contributed by atoms with E-state index in [0.29, 0.717) is 12.6 Å². The second-order valence-corrected chi connectivity index (χ2v) is 5.98. The van der Waals surface area contributed by atoms with Crippen molar-refractivity contribution in [3.8, 4) is 5.75 Å². The molecule has 2 nitrogen and oxygen atoms in total. The third-order valence-electron chi connectivity index (χ3n) is 3.40. The van der Waals surface area contributed by atoms with Crippen LogP contribution in [0.4, 0.5) is 0 Å². The van der Waals surface area contributed by atoms with Gasteiger partial charge in [-0.3, -0.25) is 0 Å². The van der Waals surface area contributed by atoms with Gasteiger partial charge in [0.25, 0.3) is 0 Å². The lowest BCUT2D eigenvalue weighted by molar-refractivity contribution is 0.337. The Morgan fingerprint density at radius 1 is 1.15 bits per heavy atom. The molecular weight excluding hydrogens is 314 g/mol. The lowest BCUT2D eigenvalue weighted by atomic mass is 10.00. The number of rotatable bonds is 10. The molecule has 0 aliphatic rings. The summed E-state index contributed by atoms with van der Waals surface area (Å²) in [6.07, 6.45) is 6.23. The summed E-state index contributed by atoms with van der Waals surface area (Å²) in [4.78, 5) is 0. The maximum Gasteiger partial charge on any atom is 0.133 e. The summed E-state index contributed by atoms with van der Waals surface area (Å²) in [5.41, 5.74) is 1.35. The summed E-state index contributed by atoms with van der Waals surface area (Å²) >= 11 is 3.61. The van der Waals surface area contributed by atoms with E-state index in [1.54, 1.807) is 0 Å². The molecule has 1 unspecified atom stereocenters. The highest BCUT2D eigenvalue weighted by molar-refractivity contribution is 9.10. The van der Waals surface area contributed by atoms with Gasteiger partial charge in [0.15, 0.2) is 0 Å². The first-order valence-electron chi connectivity index (χ1n) is 7.88. The fourth-order valence-corrected chi connectivity index (χ4v) is 2.82. The third-order valence-corrected chi connectivity index (χ3v) is 4.01. The molecule has 1 rings (SSSR count). The zero-order chi connectivity index (χ0) is 14.8. The van der Waals surface area contributed by atoms with Gasteiger partial charge in [-0.15, -0.1) is 0 Å². The summed E-state index contributed by atoms with van der Waals surface area (Å²) in [5.74, 6) is 0.930. The van der Waals surface area contributed by atoms with Gasteiger partial charge in [-0.2, -0.15) is 0 Å². The highest BCUT2D eigenvalue weighted by Crippen LogP contribution is 2.30. The summed E-state index contributed by atoms with van der Waals surface area (Å²) < 4.78 is 6.64. The molecule has 0 heterocycles. The first-order valence-corrected chi connectivity index (χ1v) is 8.67. The van der Waals surface area contributed by atoms with E-state index in [4.69, 9.17) is 4.74 Å². The molecule has 0 aliphatic heterocycles. The standard InChI is InChI=1S/C17H28BrNO/c1-4-7-8-9-16(19-12-5-2)14-10-11-17(20-6-3)15(18)13-14/h10-11,13,16,19H,4-9,12H2,1-3H3. The smallest absolute Gasteiger partial charge is 0.133 e. The zero-order valence-electron chi connectivity index (χ0n) is 13.0. The minimum atomic E-state index is 0.452. The molecule has 1 aromatic carbocycles. The molecule has 0 spiro atoms. The summed E-state index contributed by atoms with van der Waals surface area (Å²) in [5, 5.41) is 3.66. The van der Waals surface area contributed by atoms with E-state index in [1.807, 2.05) is 6.92 Å². The van der Waals surface area contributed by atoms with E-state index < -0.39 is 0 Å². The van der Waals surface area contributed by atoms with E-state index in [2.05, 4.69) is 53.3 Å². The first kappa shape index (κ1) is 17.5. The quantitative estimate of drug-likeness (QED) is 0.569. The van der Waals surface area contributed by atoms with Crippen molar-refractivity contribution in [1.82, 2.24) is 5.32 Å². The Bertz CT molecular complexity index is 381. The van der Waals surface area contributed by atoms with Crippen molar-refractivity contribution in [3.63, 3.8) is 0 Å². The van der Waals surface area contributed by atoms with Gasteiger partial charge in [-0.05, 0) is 59.9 Å². The van der Waals surface area contributed by atoms with Gasteiger partial charge in [-0.1, -0.05) is 39.2 Å². The molecule has 20 heavy (non-hydrogen) atoms. The maximum absolute atomic E-state index is 5.58. The minimum Gasteiger partial charge on any atom is -0.493 e. The predicted octanol–water partition coefficient (Wildman–Crippen LogP) is 5.47. The lowest BCUT2D eigenvalue weighted by Gasteiger charge is -2.20. The van der Waals surface area contributed by atoms with Crippen LogP contribution in [0.3, 0.4) is 0 Å². The second kappa shape index (κ2) is 10.2. The molecule has 0 aromatic heterocycles. The average Bonchev–Trinajstić information content (AvgIpc) is 2.45. The van der Waals surface area contributed by atoms with Crippen molar-refractivity contribution in [2.75, 3.05) is 13.2 Å². The molecule has 0 bridgehead atoms. The van der Waals surface area contributed by atoms with Gasteiger partial charge >= 0.3 is 0 Å². The van der Waals surface area contributed by atoms with Crippen LogP contribution in [-0.2, 0) is 0 Å². The molecule has 3 heteroatoms. The van der Waals surface area contributed by atoms with Gasteiger partial charge in [0.1, 0.15) is 5.75 Å². The molecule has 1 atom stereocenters. The van der Waals surface area contributed by atoms with Crippen LogP contribution in [0.15, 0.2) is 22.7 Å². The number of hydrogen-bond donors (Lipinski definition) is 1. The Morgan fingerprint density at radius 3 is 2.55 bits per heavy atom. The van der Waals surface area contributed by atoms with Crippen molar-refractivity contribution in [2.24, 2.45) is 0 Å². The normalized spacial score (nSPS) is 12.4. The van der Waals surface area contributed by atoms with E-state index in [0.717, 1.165) is 16.8 Å². The van der Waals surface area contributed by atoms with E-state index in [1.165, 1.54) is 37.7 Å². The van der Waals surface area contributed by atoms with Crippen LogP contribution in [0.25, 0.3) is 0 Å². The predicted molar refractivity (Wildman–Crippen MR) is 90.5 cm³/mol. The summed E-state index contributed by atoms with van der Waals surface area (Å²) in [6.45, 7) is 8.25. The van der Waals surface area contributed by atoms with Crippen LogP contribution in [0.1, 0.15) is 64.5 Å². The van der Waals surface area contributed by atoms with Crippen molar-refractivity contribution in [2.45, 2.75) is 58.9 Å². The van der Waals surface area contributed by atoms with Crippen molar-refractivity contribution < 1.29 is 4.74 Å². The van der Waals surface area contributed by atoms with E-state index in [9.17, 15) is 0 Å². The first-order chi connectivity index (χ1) is 9.72. The molecule has 0 amide bonds. The summed E-state index contributed by atoms with van der Waals surface area (Å²) in [6, 6.07) is 6.91. The van der Waals surface area contributed by atoms with Crippen LogP contribution >= 0.6 is 15.9 Å². The van der Waals surface area contributed by atoms with Crippen LogP contribution in [0.5, 0.6) is 5.75 Å². The maximum atomic E-state index is 5.58. The lowest BCUT2D eigenvalue weighted by Crippen LogP contribution is -2.22. The molecule has 1 N–H and O–H groups in total. The molecule has 0 radical (unpaired) electrons. The number of ether oxygens (including phenoxy) is 1. The topological polar surface area (TPSA) is 21.3 Å². The van der Waals surface area contributed by atoms with Gasteiger partial charge in [0, 0.05) is 6.04 Å². The SMILES string of the molecule is CCCCCC(NCCC)c1ccc(OCC)c(Br)c1. The Morgan fingerprint density at radius 2 is 1.95 bits per heavy atom. The van der Waals surface area contributed by atoms with E-state index in [-0.39, 0.29) is 0 Å². The fourth-order valence-electron chi connectivity index (χ4n) is 2.31. The molecule has 1 aromatic rings. The second-order valence-electron chi connectivity index (χ2n) is 5.13. The number of unbranched alkanes of at least 4 members (excludes halogenated alkanes) is 2. The van der Waals surface area contributed by atoms with Crippen LogP contribution in [0, 0.1) is 0 Å². The van der Waals surface area contributed by atoms with Gasteiger partial charge < -0.3 is 10.1 Å². The third kappa shape index (κ3) is 5.84. The number of benzene rings is 1. The van der Waals surface area contributed by atoms with Crippen LogP contribution < -0.4 is 10.1 Å². The van der Waals surface area contributed by atoms with Crippen molar-refractivity contribution >= 4 is 15.9 Å². The number of hydrogen-bond acceptors (Lipinski definition) is 2. The number of nitrogens with one attached hydrogen (secondary N) is 1. The van der Waals surface area contributed by atoms with Gasteiger partial charge in [0.05, 0.1) is 11.1 Å². The number of halogens is 1. The monoisotopic (exact) mass is 341 g/mol. The van der Waals surface area contributed by atoms with Crippen LogP contribution in [0.2, 0.25) is 0 Å². The molecular formula is C17H28BrNO. The zero-order valence-corrected chi connectivity index (χ0v) is 14.6. The van der Waals surface area contributed by atoms with Crippen molar-refractivity contribution in [1.29, 1.82) is 0 Å². The van der Waals surface area contributed by atoms with Crippen molar-refractivity contribution in [3.05, 3.63) is 28.2 Å². The van der Waals surface area contributed by atoms with Gasteiger partial charge in [-0.25, -0.2) is 0 Å². The van der Waals surface area contributed by atoms with Gasteiger partial charge in [0.2, 0.25) is 0 Å². The molecule has 0 fully saturated rings. The van der Waals surface area contributed by atoms with Crippen LogP contribution in [-0.4, -0.2) is 13.2 Å². The van der Waals surface area contributed by atoms with E-state index >= 15 is 0 Å². The Labute approximate surface area is 132 Å². The molecule has 0 saturated heterocycles. The highest BCUT2D eigenvalue weighted by atomic mass is 79.9. The Kier molecular flexibility index (Phi) is 8.95. The fraction of sp³-hybridized carbons (Fsp3) is 0.647. The minimum absolute atomic E-state index is 0.452. The molecule has 114 valence electrons. The molecule has 0 saturated carbocycles. The Balaban J connectivity index is 2.75. The average molecular weight is 342 g/mol.